The highest BCUT2D eigenvalue weighted by molar-refractivity contribution is 5.98. The quantitative estimate of drug-likeness (QED) is 0.107. The Bertz CT molecular complexity index is 1360. The molecule has 3 aromatic rings. The predicted octanol–water partition coefficient (Wildman–Crippen LogP) is -9.05. The molecule has 0 aliphatic carbocycles. The number of para-hydroxylation sites is 1. The molecule has 3 amide bonds. The Morgan fingerprint density at radius 1 is 0.917 bits per heavy atom. The molecule has 1 heterocycles. The van der Waals surface area contributed by atoms with Crippen LogP contribution in [0.5, 0.6) is 5.75 Å². The first-order valence-corrected chi connectivity index (χ1v) is 12.8. The van der Waals surface area contributed by atoms with Crippen molar-refractivity contribution in [1.29, 1.82) is 0 Å². The molecule has 3 rings (SSSR count). The number of nitrogens with one attached hydrogen (secondary N) is 3. The molecule has 0 saturated carbocycles. The highest BCUT2D eigenvalue weighted by Gasteiger charge is 2.31. The summed E-state index contributed by atoms with van der Waals surface area (Å²) < 4.78 is 41.5. The van der Waals surface area contributed by atoms with E-state index in [9.17, 15) is 27.6 Å². The van der Waals surface area contributed by atoms with E-state index in [2.05, 4.69) is 20.4 Å². The second-order valence-electron chi connectivity index (χ2n) is 9.20. The summed E-state index contributed by atoms with van der Waals surface area (Å²) in [6.07, 6.45) is -3.40. The zero-order valence-corrected chi connectivity index (χ0v) is 26.7. The summed E-state index contributed by atoms with van der Waals surface area (Å²) in [7, 11) is 0. The zero-order chi connectivity index (χ0) is 30.0. The van der Waals surface area contributed by atoms with Crippen LogP contribution >= 0.6 is 0 Å². The topological polar surface area (TPSA) is 180 Å². The number of aromatic amines is 1. The SMILES string of the molecule is C.C.C.NCCN(CN)C(=O)CC[C@H](N)C(=O)N[C@H](Cc1ccc(OC(F)(F)F)cc1)C(=O)Nc1c[nH+]c2ccccc2c1.[Cl-].[Cl-].[Cl-].[Cl-]. The maximum Gasteiger partial charge on any atom is 0.573 e. The van der Waals surface area contributed by atoms with Crippen LogP contribution in [0.4, 0.5) is 18.9 Å². The molecule has 18 heteroatoms. The monoisotopic (exact) mass is 764 g/mol. The van der Waals surface area contributed by atoms with Crippen LogP contribution in [0.15, 0.2) is 60.8 Å². The van der Waals surface area contributed by atoms with Crippen LogP contribution in [0.25, 0.3) is 10.9 Å². The van der Waals surface area contributed by atoms with E-state index in [1.807, 2.05) is 24.3 Å². The Balaban J connectivity index is -0.000000880. The number of nitrogens with two attached hydrogens (primary N) is 3. The van der Waals surface area contributed by atoms with Crippen LogP contribution < -0.4 is 87.2 Å². The van der Waals surface area contributed by atoms with Crippen LogP contribution in [-0.2, 0) is 20.8 Å². The van der Waals surface area contributed by atoms with Crippen molar-refractivity contribution in [1.82, 2.24) is 10.2 Å². The van der Waals surface area contributed by atoms with Crippen LogP contribution in [0, 0.1) is 0 Å². The number of ether oxygens (including phenoxy) is 1. The van der Waals surface area contributed by atoms with Gasteiger partial charge in [0.05, 0.1) is 12.7 Å². The number of anilines is 1. The lowest BCUT2D eigenvalue weighted by Gasteiger charge is -2.22. The van der Waals surface area contributed by atoms with E-state index in [0.717, 1.165) is 23.0 Å². The van der Waals surface area contributed by atoms with Gasteiger partial charge in [-0.05, 0) is 36.2 Å². The minimum atomic E-state index is -4.85. The molecule has 0 spiro atoms. The number of aromatic nitrogens is 1. The molecule has 2 aromatic carbocycles. The molecule has 0 saturated heterocycles. The zero-order valence-electron chi connectivity index (χ0n) is 23.6. The summed E-state index contributed by atoms with van der Waals surface area (Å²) in [6, 6.07) is 11.8. The number of rotatable bonds is 13. The molecule has 2 atom stereocenters. The molecule has 1 aromatic heterocycles. The third-order valence-electron chi connectivity index (χ3n) is 6.13. The number of hydrogen-bond acceptors (Lipinski definition) is 7. The van der Waals surface area contributed by atoms with Gasteiger partial charge >= 0.3 is 6.36 Å². The van der Waals surface area contributed by atoms with Gasteiger partial charge in [-0.2, -0.15) is 0 Å². The number of hydrogen-bond donors (Lipinski definition) is 5. The Hall–Kier alpha value is -3.11. The molecular weight excluding hydrogens is 721 g/mol. The smallest absolute Gasteiger partial charge is 0.573 e. The fourth-order valence-electron chi connectivity index (χ4n) is 4.01. The average Bonchev–Trinajstić information content (AvgIpc) is 2.94. The second kappa shape index (κ2) is 25.8. The molecule has 0 bridgehead atoms. The van der Waals surface area contributed by atoms with E-state index >= 15 is 0 Å². The van der Waals surface area contributed by atoms with E-state index < -0.39 is 36.0 Å². The normalized spacial score (nSPS) is 11.0. The van der Waals surface area contributed by atoms with E-state index in [1.165, 1.54) is 17.0 Å². The van der Waals surface area contributed by atoms with Crippen molar-refractivity contribution >= 4 is 34.3 Å². The summed E-state index contributed by atoms with van der Waals surface area (Å²) in [4.78, 5) is 43.0. The first kappa shape index (κ1) is 54.3. The molecular formula is C30H45Cl4F3N7O4-3. The molecule has 0 unspecified atom stereocenters. The maximum absolute atomic E-state index is 13.3. The van der Waals surface area contributed by atoms with Gasteiger partial charge in [-0.15, -0.1) is 13.2 Å². The third-order valence-corrected chi connectivity index (χ3v) is 6.13. The number of halogens is 7. The van der Waals surface area contributed by atoms with Crippen molar-refractivity contribution in [2.75, 3.05) is 25.1 Å². The number of alkyl halides is 3. The highest BCUT2D eigenvalue weighted by atomic mass is 35.5. The lowest BCUT2D eigenvalue weighted by atomic mass is 10.0. The predicted molar refractivity (Wildman–Crippen MR) is 165 cm³/mol. The lowest BCUT2D eigenvalue weighted by molar-refractivity contribution is -0.343. The summed E-state index contributed by atoms with van der Waals surface area (Å²) >= 11 is 0. The Morgan fingerprint density at radius 3 is 2.08 bits per heavy atom. The van der Waals surface area contributed by atoms with E-state index in [4.69, 9.17) is 17.2 Å². The maximum atomic E-state index is 13.3. The first-order valence-electron chi connectivity index (χ1n) is 12.8. The van der Waals surface area contributed by atoms with Gasteiger partial charge in [-0.25, -0.2) is 4.98 Å². The molecule has 48 heavy (non-hydrogen) atoms. The number of carbonyl (C=O) groups is 3. The van der Waals surface area contributed by atoms with Crippen molar-refractivity contribution in [3.05, 3.63) is 66.4 Å². The van der Waals surface area contributed by atoms with Crippen molar-refractivity contribution < 1.29 is 86.9 Å². The first-order chi connectivity index (χ1) is 19.5. The van der Waals surface area contributed by atoms with Crippen LogP contribution in [0.3, 0.4) is 0 Å². The van der Waals surface area contributed by atoms with E-state index in [-0.39, 0.29) is 117 Å². The summed E-state index contributed by atoms with van der Waals surface area (Å²) in [5.74, 6) is -2.01. The Labute approximate surface area is 304 Å². The molecule has 0 radical (unpaired) electrons. The van der Waals surface area contributed by atoms with Crippen molar-refractivity contribution in [2.24, 2.45) is 17.2 Å². The number of pyridine rings is 1. The number of nitrogens with zero attached hydrogens (tertiary/aromatic N) is 1. The average molecular weight is 767 g/mol. The summed E-state index contributed by atoms with van der Waals surface area (Å²) in [5, 5.41) is 6.18. The fourth-order valence-corrected chi connectivity index (χ4v) is 4.01. The molecule has 276 valence electrons. The van der Waals surface area contributed by atoms with Crippen LogP contribution in [0.1, 0.15) is 40.7 Å². The van der Waals surface area contributed by atoms with Gasteiger partial charge in [-0.3, -0.25) is 14.4 Å². The number of H-pyrrole nitrogens is 1. The molecule has 0 aliphatic heterocycles. The van der Waals surface area contributed by atoms with E-state index in [0.29, 0.717) is 11.3 Å². The third kappa shape index (κ3) is 17.3. The minimum absolute atomic E-state index is 0. The standard InChI is InChI=1S/C27H32F3N7O4.3CH4.4ClH/c28-27(29,30)41-20-7-5-17(6-8-20)13-23(26(40)35-19-14-18-3-1-2-4-22(18)34-15-19)36-25(39)21(33)9-10-24(38)37(16-32)12-11-31;;;;;;;/h1-8,14-15,21,23H,9-13,16,31-33H2,(H,35,40)(H,36,39);3*1H4;4*1H/p-3/t21-,23+;;;;;;;/m0......./s1. The summed E-state index contributed by atoms with van der Waals surface area (Å²) in [6.45, 7) is 0.460. The molecule has 11 nitrogen and oxygen atoms in total. The lowest BCUT2D eigenvalue weighted by Crippen LogP contribution is -3.00. The van der Waals surface area contributed by atoms with Gasteiger partial charge in [-0.1, -0.05) is 46.5 Å². The number of carbonyl (C=O) groups excluding carboxylic acids is 3. The van der Waals surface area contributed by atoms with Crippen LogP contribution in [0.2, 0.25) is 0 Å². The molecule has 9 N–H and O–H groups in total. The van der Waals surface area contributed by atoms with Gasteiger partial charge in [0.1, 0.15) is 17.5 Å². The minimum Gasteiger partial charge on any atom is -1.00 e. The van der Waals surface area contributed by atoms with Gasteiger partial charge in [0, 0.05) is 37.4 Å². The van der Waals surface area contributed by atoms with E-state index in [1.54, 1.807) is 12.3 Å². The van der Waals surface area contributed by atoms with Gasteiger partial charge in [0.25, 0.3) is 0 Å². The number of amides is 3. The molecule has 0 fully saturated rings. The fraction of sp³-hybridized carbons (Fsp3) is 0.400. The van der Waals surface area contributed by atoms with Gasteiger partial charge in [0.2, 0.25) is 23.2 Å². The Morgan fingerprint density at radius 2 is 1.52 bits per heavy atom. The largest absolute Gasteiger partial charge is 1.00 e. The van der Waals surface area contributed by atoms with Crippen molar-refractivity contribution in [3.8, 4) is 5.75 Å². The van der Waals surface area contributed by atoms with Crippen molar-refractivity contribution in [2.45, 2.75) is 60.0 Å². The van der Waals surface area contributed by atoms with Crippen LogP contribution in [-0.4, -0.2) is 60.8 Å². The summed E-state index contributed by atoms with van der Waals surface area (Å²) in [5.41, 5.74) is 18.8. The van der Waals surface area contributed by atoms with Gasteiger partial charge < -0.3 is 87.1 Å². The van der Waals surface area contributed by atoms with Crippen molar-refractivity contribution in [3.63, 3.8) is 0 Å². The number of fused-ring (bicyclic) bond motifs is 1. The number of benzene rings is 2. The van der Waals surface area contributed by atoms with Gasteiger partial charge in [0.15, 0.2) is 6.20 Å². The molecule has 0 aliphatic rings. The highest BCUT2D eigenvalue weighted by Crippen LogP contribution is 2.23. The Kier molecular flexibility index (Phi) is 29.3. The second-order valence-corrected chi connectivity index (χ2v) is 9.20.